The molecule has 5 rings (SSSR count). The Bertz CT molecular complexity index is 1440. The molecule has 0 radical (unpaired) electrons. The number of nitrogens with zero attached hydrogens (tertiary/aromatic N) is 4. The van der Waals surface area contributed by atoms with Gasteiger partial charge in [0.15, 0.2) is 12.2 Å². The summed E-state index contributed by atoms with van der Waals surface area (Å²) in [6.07, 6.45) is 5.93. The number of hydrogen-bond acceptors (Lipinski definition) is 8. The Morgan fingerprint density at radius 3 is 2.64 bits per heavy atom. The largest absolute Gasteiger partial charge is 0.486 e. The first-order valence-electron chi connectivity index (χ1n) is 15.6. The third-order valence-corrected chi connectivity index (χ3v) is 8.57. The fourth-order valence-electron chi connectivity index (χ4n) is 5.96. The highest BCUT2D eigenvalue weighted by atomic mass is 16.5. The third-order valence-electron chi connectivity index (χ3n) is 8.57. The van der Waals surface area contributed by atoms with Crippen LogP contribution in [0.3, 0.4) is 0 Å². The summed E-state index contributed by atoms with van der Waals surface area (Å²) in [6.45, 7) is 11.9. The van der Waals surface area contributed by atoms with Crippen molar-refractivity contribution >= 4 is 11.8 Å². The van der Waals surface area contributed by atoms with Crippen LogP contribution in [-0.4, -0.2) is 75.5 Å². The van der Waals surface area contributed by atoms with Crippen LogP contribution in [0.5, 0.6) is 5.75 Å². The standard InChI is InChI=1S/C34H45N5O5/c1-23-31(44-22-37-23)21-43-30-6-5-27-19-38(12-10-25(27)17-30)20-29(40)18-36-32(41)26-7-11-35-28(16-26)15-24-8-13-39(14-9-24)33(42)34(2,3)4/h5-7,11,16-17,22,24,29,40H,8-10,12-15,18-21H2,1-4H3,(H,36,41)/t29-/m0/s1. The zero-order chi connectivity index (χ0) is 31.3. The maximum atomic E-state index is 12.9. The van der Waals surface area contributed by atoms with E-state index in [-0.39, 0.29) is 23.8 Å². The van der Waals surface area contributed by atoms with Gasteiger partial charge in [-0.3, -0.25) is 19.5 Å². The lowest BCUT2D eigenvalue weighted by atomic mass is 9.89. The van der Waals surface area contributed by atoms with Crippen molar-refractivity contribution < 1.29 is 23.8 Å². The molecule has 10 nitrogen and oxygen atoms in total. The third kappa shape index (κ3) is 8.24. The summed E-state index contributed by atoms with van der Waals surface area (Å²) in [4.78, 5) is 38.3. The molecule has 1 saturated heterocycles. The Kier molecular flexibility index (Phi) is 10.0. The lowest BCUT2D eigenvalue weighted by molar-refractivity contribution is -0.140. The molecule has 0 aliphatic carbocycles. The number of oxazole rings is 1. The number of aromatic nitrogens is 2. The zero-order valence-electron chi connectivity index (χ0n) is 26.3. The molecule has 2 aliphatic heterocycles. The van der Waals surface area contributed by atoms with Gasteiger partial charge < -0.3 is 24.5 Å². The second-order valence-electron chi connectivity index (χ2n) is 13.2. The highest BCUT2D eigenvalue weighted by molar-refractivity contribution is 5.94. The fraction of sp³-hybridized carbons (Fsp3) is 0.529. The number of ether oxygens (including phenoxy) is 1. The molecular weight excluding hydrogens is 558 g/mol. The van der Waals surface area contributed by atoms with Crippen LogP contribution in [0, 0.1) is 18.3 Å². The van der Waals surface area contributed by atoms with Crippen LogP contribution < -0.4 is 10.1 Å². The van der Waals surface area contributed by atoms with Gasteiger partial charge in [-0.25, -0.2) is 4.98 Å². The van der Waals surface area contributed by atoms with Crippen LogP contribution in [0.1, 0.15) is 72.2 Å². The first kappa shape index (κ1) is 31.7. The van der Waals surface area contributed by atoms with E-state index >= 15 is 0 Å². The number of aliphatic hydroxyl groups is 1. The molecule has 0 bridgehead atoms. The van der Waals surface area contributed by atoms with Crippen molar-refractivity contribution in [2.24, 2.45) is 11.3 Å². The Hall–Kier alpha value is -3.76. The molecule has 1 atom stereocenters. The second kappa shape index (κ2) is 13.9. The highest BCUT2D eigenvalue weighted by Gasteiger charge is 2.30. The topological polar surface area (TPSA) is 121 Å². The van der Waals surface area contributed by atoms with Gasteiger partial charge in [0.2, 0.25) is 5.91 Å². The first-order valence-corrected chi connectivity index (χ1v) is 15.6. The maximum Gasteiger partial charge on any atom is 0.251 e. The van der Waals surface area contributed by atoms with Gasteiger partial charge in [0.05, 0.1) is 11.8 Å². The normalized spacial score (nSPS) is 16.8. The van der Waals surface area contributed by atoms with Crippen molar-refractivity contribution in [2.45, 2.75) is 72.6 Å². The predicted molar refractivity (Wildman–Crippen MR) is 166 cm³/mol. The first-order chi connectivity index (χ1) is 21.0. The molecule has 44 heavy (non-hydrogen) atoms. The number of β-amino-alcohol motifs (C(OH)–C–C–N with tert-alkyl or cyclic N) is 1. The SMILES string of the molecule is Cc1ncoc1COc1ccc2c(c1)CCN(C[C@@H](O)CNC(=O)c1ccnc(CC3CCN(C(=O)C(C)(C)C)CC3)c1)C2. The van der Waals surface area contributed by atoms with Crippen molar-refractivity contribution in [1.29, 1.82) is 0 Å². The van der Waals surface area contributed by atoms with Crippen LogP contribution in [0.25, 0.3) is 0 Å². The van der Waals surface area contributed by atoms with E-state index in [1.807, 2.05) is 44.7 Å². The van der Waals surface area contributed by atoms with E-state index < -0.39 is 6.10 Å². The van der Waals surface area contributed by atoms with Gasteiger partial charge in [0.1, 0.15) is 12.4 Å². The maximum absolute atomic E-state index is 12.9. The van der Waals surface area contributed by atoms with Gasteiger partial charge in [0, 0.05) is 62.1 Å². The van der Waals surface area contributed by atoms with Crippen molar-refractivity contribution in [1.82, 2.24) is 25.1 Å². The Balaban J connectivity index is 1.05. The fourth-order valence-corrected chi connectivity index (χ4v) is 5.96. The minimum atomic E-state index is -0.685. The number of fused-ring (bicyclic) bond motifs is 1. The Morgan fingerprint density at radius 1 is 1.11 bits per heavy atom. The summed E-state index contributed by atoms with van der Waals surface area (Å²) >= 11 is 0. The van der Waals surface area contributed by atoms with E-state index in [4.69, 9.17) is 9.15 Å². The predicted octanol–water partition coefficient (Wildman–Crippen LogP) is 3.93. The van der Waals surface area contributed by atoms with Gasteiger partial charge in [0.25, 0.3) is 5.91 Å². The molecule has 2 N–H and O–H groups in total. The summed E-state index contributed by atoms with van der Waals surface area (Å²) in [7, 11) is 0. The number of hydrogen-bond donors (Lipinski definition) is 2. The minimum Gasteiger partial charge on any atom is -0.486 e. The average molecular weight is 604 g/mol. The molecule has 1 aromatic carbocycles. The number of carbonyl (C=O) groups excluding carboxylic acids is 2. The van der Waals surface area contributed by atoms with Gasteiger partial charge in [-0.15, -0.1) is 0 Å². The molecule has 4 heterocycles. The van der Waals surface area contributed by atoms with E-state index in [1.165, 1.54) is 17.5 Å². The van der Waals surface area contributed by atoms with E-state index in [1.54, 1.807) is 12.3 Å². The lowest BCUT2D eigenvalue weighted by Gasteiger charge is -2.35. The number of aryl methyl sites for hydroxylation is 1. The van der Waals surface area contributed by atoms with Gasteiger partial charge >= 0.3 is 0 Å². The number of rotatable bonds is 10. The van der Waals surface area contributed by atoms with Gasteiger partial charge in [-0.05, 0) is 73.9 Å². The van der Waals surface area contributed by atoms with Crippen molar-refractivity contribution in [3.05, 3.63) is 76.8 Å². The lowest BCUT2D eigenvalue weighted by Crippen LogP contribution is -2.44. The summed E-state index contributed by atoms with van der Waals surface area (Å²) in [5.74, 6) is 1.95. The second-order valence-corrected chi connectivity index (χ2v) is 13.2. The summed E-state index contributed by atoms with van der Waals surface area (Å²) in [6, 6.07) is 9.68. The van der Waals surface area contributed by atoms with Crippen LogP contribution in [0.2, 0.25) is 0 Å². The molecule has 0 spiro atoms. The Morgan fingerprint density at radius 2 is 1.91 bits per heavy atom. The van der Waals surface area contributed by atoms with Gasteiger partial charge in [-0.1, -0.05) is 26.8 Å². The minimum absolute atomic E-state index is 0.175. The smallest absolute Gasteiger partial charge is 0.251 e. The van der Waals surface area contributed by atoms with Gasteiger partial charge in [-0.2, -0.15) is 0 Å². The van der Waals surface area contributed by atoms with Crippen LogP contribution in [0.15, 0.2) is 47.3 Å². The highest BCUT2D eigenvalue weighted by Crippen LogP contribution is 2.26. The molecule has 3 aromatic rings. The van der Waals surface area contributed by atoms with Crippen LogP contribution in [-0.2, 0) is 30.8 Å². The zero-order valence-corrected chi connectivity index (χ0v) is 26.3. The number of pyridine rings is 1. The van der Waals surface area contributed by atoms with E-state index in [9.17, 15) is 14.7 Å². The molecule has 0 saturated carbocycles. The monoisotopic (exact) mass is 603 g/mol. The molecule has 10 heteroatoms. The number of carbonyl (C=O) groups is 2. The molecule has 1 fully saturated rings. The number of aliphatic hydroxyl groups excluding tert-OH is 1. The quantitative estimate of drug-likeness (QED) is 0.358. The number of piperidine rings is 1. The summed E-state index contributed by atoms with van der Waals surface area (Å²) in [5, 5.41) is 13.6. The molecular formula is C34H45N5O5. The number of benzene rings is 1. The van der Waals surface area contributed by atoms with Crippen LogP contribution >= 0.6 is 0 Å². The van der Waals surface area contributed by atoms with E-state index in [0.29, 0.717) is 24.6 Å². The summed E-state index contributed by atoms with van der Waals surface area (Å²) < 4.78 is 11.3. The molecule has 0 unspecified atom stereocenters. The number of amides is 2. The molecule has 2 amide bonds. The van der Waals surface area contributed by atoms with Crippen molar-refractivity contribution in [2.75, 3.05) is 32.7 Å². The summed E-state index contributed by atoms with van der Waals surface area (Å²) in [5.41, 5.74) is 4.36. The van der Waals surface area contributed by atoms with Crippen LogP contribution in [0.4, 0.5) is 0 Å². The molecule has 2 aliphatic rings. The average Bonchev–Trinajstić information content (AvgIpc) is 3.42. The number of nitrogens with one attached hydrogen (secondary N) is 1. The number of likely N-dealkylation sites (tertiary alicyclic amines) is 1. The van der Waals surface area contributed by atoms with E-state index in [0.717, 1.165) is 74.8 Å². The molecule has 2 aromatic heterocycles. The van der Waals surface area contributed by atoms with Crippen molar-refractivity contribution in [3.8, 4) is 5.75 Å². The van der Waals surface area contributed by atoms with E-state index in [2.05, 4.69) is 32.3 Å². The molecule has 236 valence electrons. The Labute approximate surface area is 259 Å². The van der Waals surface area contributed by atoms with Crippen molar-refractivity contribution in [3.63, 3.8) is 0 Å².